The lowest BCUT2D eigenvalue weighted by atomic mass is 10.5. The van der Waals surface area contributed by atoms with Crippen LogP contribution in [0.3, 0.4) is 0 Å². The Kier molecular flexibility index (Phi) is 1.62. The lowest BCUT2D eigenvalue weighted by Crippen LogP contribution is -1.85. The Morgan fingerprint density at radius 2 is 2.42 bits per heavy atom. The lowest BCUT2D eigenvalue weighted by molar-refractivity contribution is 0.582. The zero-order valence-corrected chi connectivity index (χ0v) is 7.39. The molecular weight excluding hydrogens is 172 g/mol. The molecule has 0 radical (unpaired) electrons. The summed E-state index contributed by atoms with van der Waals surface area (Å²) >= 11 is 1.54. The number of nitrogens with zero attached hydrogens (tertiary/aromatic N) is 1. The molecule has 0 aromatic carbocycles. The van der Waals surface area contributed by atoms with Gasteiger partial charge in [0.25, 0.3) is 0 Å². The molecule has 4 heteroatoms. The molecule has 0 aliphatic heterocycles. The van der Waals surface area contributed by atoms with E-state index in [1.54, 1.807) is 17.6 Å². The summed E-state index contributed by atoms with van der Waals surface area (Å²) in [7, 11) is 0. The van der Waals surface area contributed by atoms with Gasteiger partial charge in [-0.3, -0.25) is 0 Å². The van der Waals surface area contributed by atoms with E-state index >= 15 is 0 Å². The van der Waals surface area contributed by atoms with Crippen LogP contribution in [0.2, 0.25) is 0 Å². The van der Waals surface area contributed by atoms with Gasteiger partial charge in [0.15, 0.2) is 10.8 Å². The zero-order chi connectivity index (χ0) is 8.55. The molecule has 0 aliphatic rings. The maximum Gasteiger partial charge on any atom is 0.162 e. The summed E-state index contributed by atoms with van der Waals surface area (Å²) in [6, 6.07) is 3.71. The van der Waals surface area contributed by atoms with Crippen molar-refractivity contribution in [1.82, 2.24) is 4.98 Å². The van der Waals surface area contributed by atoms with Crippen LogP contribution in [0.15, 0.2) is 22.8 Å². The number of aryl methyl sites for hydroxylation is 1. The molecule has 2 aromatic rings. The Hall–Kier alpha value is -1.29. The van der Waals surface area contributed by atoms with Crippen LogP contribution in [0.1, 0.15) is 4.88 Å². The molecule has 0 unspecified atom stereocenters. The summed E-state index contributed by atoms with van der Waals surface area (Å²) in [5.74, 6) is 1.37. The maximum absolute atomic E-state index is 5.60. The standard InChI is InChI=1S/C8H8N2OS/c1-5-7(9)10-8(12-5)6-3-2-4-11-6/h2-4H,9H2,1H3. The summed E-state index contributed by atoms with van der Waals surface area (Å²) < 4.78 is 5.18. The fourth-order valence-electron chi connectivity index (χ4n) is 0.914. The fraction of sp³-hybridized carbons (Fsp3) is 0.125. The van der Waals surface area contributed by atoms with E-state index in [0.29, 0.717) is 5.82 Å². The lowest BCUT2D eigenvalue weighted by Gasteiger charge is -1.84. The molecule has 0 fully saturated rings. The quantitative estimate of drug-likeness (QED) is 0.732. The largest absolute Gasteiger partial charge is 0.462 e. The van der Waals surface area contributed by atoms with Gasteiger partial charge in [0, 0.05) is 4.88 Å². The molecule has 62 valence electrons. The third-order valence-corrected chi connectivity index (χ3v) is 2.57. The van der Waals surface area contributed by atoms with Crippen molar-refractivity contribution in [3.8, 4) is 10.8 Å². The molecule has 2 N–H and O–H groups in total. The number of nitrogens with two attached hydrogens (primary N) is 1. The van der Waals surface area contributed by atoms with Gasteiger partial charge in [-0.1, -0.05) is 0 Å². The second kappa shape index (κ2) is 2.64. The third kappa shape index (κ3) is 1.10. The van der Waals surface area contributed by atoms with Gasteiger partial charge in [-0.05, 0) is 19.1 Å². The molecule has 0 bridgehead atoms. The molecule has 2 rings (SSSR count). The number of thiazole rings is 1. The van der Waals surface area contributed by atoms with Gasteiger partial charge in [-0.15, -0.1) is 11.3 Å². The van der Waals surface area contributed by atoms with E-state index < -0.39 is 0 Å². The molecule has 2 aromatic heterocycles. The summed E-state index contributed by atoms with van der Waals surface area (Å²) in [6.45, 7) is 1.94. The van der Waals surface area contributed by atoms with Crippen molar-refractivity contribution in [2.75, 3.05) is 5.73 Å². The predicted octanol–water partition coefficient (Wildman–Crippen LogP) is 2.29. The monoisotopic (exact) mass is 180 g/mol. The first-order valence-corrected chi connectivity index (χ1v) is 4.36. The van der Waals surface area contributed by atoms with Crippen LogP contribution in [0.25, 0.3) is 10.8 Å². The van der Waals surface area contributed by atoms with Gasteiger partial charge in [0.2, 0.25) is 0 Å². The maximum atomic E-state index is 5.60. The van der Waals surface area contributed by atoms with Gasteiger partial charge < -0.3 is 10.2 Å². The van der Waals surface area contributed by atoms with Gasteiger partial charge >= 0.3 is 0 Å². The molecule has 2 heterocycles. The second-order valence-corrected chi connectivity index (χ2v) is 3.64. The minimum absolute atomic E-state index is 0.589. The average molecular weight is 180 g/mol. The van der Waals surface area contributed by atoms with E-state index in [0.717, 1.165) is 15.6 Å². The first-order valence-electron chi connectivity index (χ1n) is 3.54. The Morgan fingerprint density at radius 1 is 1.58 bits per heavy atom. The fourth-order valence-corrected chi connectivity index (χ4v) is 1.71. The van der Waals surface area contributed by atoms with Crippen LogP contribution in [0.5, 0.6) is 0 Å². The zero-order valence-electron chi connectivity index (χ0n) is 6.57. The van der Waals surface area contributed by atoms with Crippen molar-refractivity contribution < 1.29 is 4.42 Å². The molecule has 0 amide bonds. The van der Waals surface area contributed by atoms with E-state index in [4.69, 9.17) is 10.2 Å². The molecule has 3 nitrogen and oxygen atoms in total. The highest BCUT2D eigenvalue weighted by molar-refractivity contribution is 7.15. The highest BCUT2D eigenvalue weighted by Gasteiger charge is 2.07. The highest BCUT2D eigenvalue weighted by Crippen LogP contribution is 2.28. The Labute approximate surface area is 73.8 Å². The Bertz CT molecular complexity index is 358. The minimum atomic E-state index is 0.589. The van der Waals surface area contributed by atoms with Crippen molar-refractivity contribution in [1.29, 1.82) is 0 Å². The van der Waals surface area contributed by atoms with E-state index in [2.05, 4.69) is 4.98 Å². The van der Waals surface area contributed by atoms with Crippen molar-refractivity contribution in [3.05, 3.63) is 23.3 Å². The summed E-state index contributed by atoms with van der Waals surface area (Å²) in [4.78, 5) is 5.18. The first kappa shape index (κ1) is 7.36. The molecule has 0 saturated carbocycles. The molecular formula is C8H8N2OS. The normalized spacial score (nSPS) is 10.4. The van der Waals surface area contributed by atoms with E-state index in [1.165, 1.54) is 0 Å². The SMILES string of the molecule is Cc1sc(-c2ccco2)nc1N. The highest BCUT2D eigenvalue weighted by atomic mass is 32.1. The van der Waals surface area contributed by atoms with Crippen LogP contribution in [-0.4, -0.2) is 4.98 Å². The number of nitrogen functional groups attached to an aromatic ring is 1. The van der Waals surface area contributed by atoms with Gasteiger partial charge in [0.05, 0.1) is 6.26 Å². The number of hydrogen-bond donors (Lipinski definition) is 1. The molecule has 0 spiro atoms. The van der Waals surface area contributed by atoms with Crippen molar-refractivity contribution in [2.24, 2.45) is 0 Å². The summed E-state index contributed by atoms with van der Waals surface area (Å²) in [5, 5.41) is 0.843. The van der Waals surface area contributed by atoms with Crippen LogP contribution in [-0.2, 0) is 0 Å². The van der Waals surface area contributed by atoms with Crippen LogP contribution in [0.4, 0.5) is 5.82 Å². The minimum Gasteiger partial charge on any atom is -0.462 e. The van der Waals surface area contributed by atoms with Crippen molar-refractivity contribution in [2.45, 2.75) is 6.92 Å². The number of rotatable bonds is 1. The van der Waals surface area contributed by atoms with Crippen molar-refractivity contribution >= 4 is 17.2 Å². The predicted molar refractivity (Wildman–Crippen MR) is 49.0 cm³/mol. The van der Waals surface area contributed by atoms with Crippen LogP contribution in [0, 0.1) is 6.92 Å². The van der Waals surface area contributed by atoms with E-state index in [1.807, 2.05) is 19.1 Å². The van der Waals surface area contributed by atoms with E-state index in [-0.39, 0.29) is 0 Å². The molecule has 12 heavy (non-hydrogen) atoms. The molecule has 0 aliphatic carbocycles. The average Bonchev–Trinajstić information content (AvgIpc) is 2.61. The van der Waals surface area contributed by atoms with Gasteiger partial charge in [-0.2, -0.15) is 0 Å². The van der Waals surface area contributed by atoms with Gasteiger partial charge in [-0.25, -0.2) is 4.98 Å². The number of furan rings is 1. The number of aromatic nitrogens is 1. The number of anilines is 1. The smallest absolute Gasteiger partial charge is 0.162 e. The third-order valence-electron chi connectivity index (χ3n) is 1.56. The molecule has 0 saturated heterocycles. The topological polar surface area (TPSA) is 52.0 Å². The van der Waals surface area contributed by atoms with E-state index in [9.17, 15) is 0 Å². The Morgan fingerprint density at radius 3 is 2.92 bits per heavy atom. The van der Waals surface area contributed by atoms with Gasteiger partial charge in [0.1, 0.15) is 5.82 Å². The van der Waals surface area contributed by atoms with Crippen LogP contribution >= 0.6 is 11.3 Å². The van der Waals surface area contributed by atoms with Crippen molar-refractivity contribution in [3.63, 3.8) is 0 Å². The Balaban J connectivity index is 2.48. The molecule has 0 atom stereocenters. The first-order chi connectivity index (χ1) is 5.77. The summed E-state index contributed by atoms with van der Waals surface area (Å²) in [6.07, 6.45) is 1.63. The second-order valence-electron chi connectivity index (χ2n) is 2.44. The number of hydrogen-bond acceptors (Lipinski definition) is 4. The van der Waals surface area contributed by atoms with Crippen LogP contribution < -0.4 is 5.73 Å². The summed E-state index contributed by atoms with van der Waals surface area (Å²) in [5.41, 5.74) is 5.60.